The maximum Gasteiger partial charge on any atom is 0.337 e. The van der Waals surface area contributed by atoms with Gasteiger partial charge in [0.1, 0.15) is 11.7 Å². The number of carbonyl (C=O) groups excluding carboxylic acids is 2. The van der Waals surface area contributed by atoms with E-state index in [1.54, 1.807) is 4.90 Å². The van der Waals surface area contributed by atoms with E-state index < -0.39 is 17.9 Å². The van der Waals surface area contributed by atoms with Gasteiger partial charge in [0, 0.05) is 19.3 Å². The van der Waals surface area contributed by atoms with Crippen molar-refractivity contribution >= 4 is 17.8 Å². The van der Waals surface area contributed by atoms with Gasteiger partial charge in [0.2, 0.25) is 5.91 Å². The molecular formula is C17H23N3O5. The number of ether oxygens (including phenoxy) is 1. The van der Waals surface area contributed by atoms with Crippen molar-refractivity contribution in [3.8, 4) is 0 Å². The molecule has 1 aliphatic heterocycles. The predicted molar refractivity (Wildman–Crippen MR) is 89.3 cm³/mol. The third-order valence-electron chi connectivity index (χ3n) is 3.88. The third kappa shape index (κ3) is 5.25. The monoisotopic (exact) mass is 349 g/mol. The summed E-state index contributed by atoms with van der Waals surface area (Å²) in [6, 6.07) is 2.00. The van der Waals surface area contributed by atoms with Crippen LogP contribution in [0.15, 0.2) is 18.3 Å². The average Bonchev–Trinajstić information content (AvgIpc) is 2.61. The SMILES string of the molecule is CC(C)C[C@H](NC(=O)c1ccc(C(=O)O)cn1)C(=O)N1CCOCC1. The van der Waals surface area contributed by atoms with Crippen LogP contribution in [-0.4, -0.2) is 65.1 Å². The lowest BCUT2D eigenvalue weighted by atomic mass is 10.0. The lowest BCUT2D eigenvalue weighted by molar-refractivity contribution is -0.137. The molecule has 1 aromatic rings. The molecule has 2 N–H and O–H groups in total. The van der Waals surface area contributed by atoms with Crippen LogP contribution in [0.1, 0.15) is 41.1 Å². The summed E-state index contributed by atoms with van der Waals surface area (Å²) in [4.78, 5) is 41.5. The van der Waals surface area contributed by atoms with Gasteiger partial charge in [0.25, 0.3) is 5.91 Å². The van der Waals surface area contributed by atoms with Gasteiger partial charge in [0.15, 0.2) is 0 Å². The highest BCUT2D eigenvalue weighted by molar-refractivity contribution is 5.96. The smallest absolute Gasteiger partial charge is 0.337 e. The van der Waals surface area contributed by atoms with E-state index in [2.05, 4.69) is 10.3 Å². The van der Waals surface area contributed by atoms with Gasteiger partial charge in [-0.3, -0.25) is 14.6 Å². The number of rotatable bonds is 6. The topological polar surface area (TPSA) is 109 Å². The van der Waals surface area contributed by atoms with E-state index in [0.717, 1.165) is 6.20 Å². The van der Waals surface area contributed by atoms with Gasteiger partial charge >= 0.3 is 5.97 Å². The molecule has 0 aliphatic carbocycles. The predicted octanol–water partition coefficient (Wildman–Crippen LogP) is 0.783. The molecule has 8 heteroatoms. The minimum absolute atomic E-state index is 0.000302. The molecule has 0 bridgehead atoms. The molecule has 25 heavy (non-hydrogen) atoms. The number of carboxylic acid groups (broad SMARTS) is 1. The molecule has 2 amide bonds. The van der Waals surface area contributed by atoms with Crippen LogP contribution in [0, 0.1) is 5.92 Å². The molecule has 2 rings (SSSR count). The van der Waals surface area contributed by atoms with Crippen molar-refractivity contribution in [1.82, 2.24) is 15.2 Å². The van der Waals surface area contributed by atoms with Gasteiger partial charge in [-0.2, -0.15) is 0 Å². The van der Waals surface area contributed by atoms with Crippen molar-refractivity contribution in [2.24, 2.45) is 5.92 Å². The normalized spacial score (nSPS) is 15.7. The number of amides is 2. The summed E-state index contributed by atoms with van der Waals surface area (Å²) in [7, 11) is 0. The zero-order chi connectivity index (χ0) is 18.4. The van der Waals surface area contributed by atoms with Crippen molar-refractivity contribution in [3.05, 3.63) is 29.6 Å². The zero-order valence-electron chi connectivity index (χ0n) is 14.4. The lowest BCUT2D eigenvalue weighted by Crippen LogP contribution is -2.52. The fourth-order valence-electron chi connectivity index (χ4n) is 2.58. The van der Waals surface area contributed by atoms with Crippen molar-refractivity contribution in [1.29, 1.82) is 0 Å². The molecule has 8 nitrogen and oxygen atoms in total. The maximum atomic E-state index is 12.7. The number of carbonyl (C=O) groups is 3. The quantitative estimate of drug-likeness (QED) is 0.786. The minimum atomic E-state index is -1.11. The summed E-state index contributed by atoms with van der Waals surface area (Å²) in [5.41, 5.74) is 0.0770. The van der Waals surface area contributed by atoms with Crippen LogP contribution < -0.4 is 5.32 Å². The molecule has 1 aliphatic rings. The highest BCUT2D eigenvalue weighted by Crippen LogP contribution is 2.11. The molecular weight excluding hydrogens is 326 g/mol. The van der Waals surface area contributed by atoms with E-state index in [0.29, 0.717) is 32.7 Å². The van der Waals surface area contributed by atoms with Crippen LogP contribution in [0.4, 0.5) is 0 Å². The Morgan fingerprint density at radius 3 is 2.48 bits per heavy atom. The van der Waals surface area contributed by atoms with Crippen LogP contribution in [0.2, 0.25) is 0 Å². The molecule has 1 saturated heterocycles. The molecule has 2 heterocycles. The Morgan fingerprint density at radius 1 is 1.28 bits per heavy atom. The van der Waals surface area contributed by atoms with E-state index >= 15 is 0 Å². The fraction of sp³-hybridized carbons (Fsp3) is 0.529. The molecule has 136 valence electrons. The van der Waals surface area contributed by atoms with E-state index in [1.807, 2.05) is 13.8 Å². The number of carboxylic acids is 1. The Bertz CT molecular complexity index is 624. The number of nitrogens with zero attached hydrogens (tertiary/aromatic N) is 2. The first kappa shape index (κ1) is 18.9. The number of nitrogens with one attached hydrogen (secondary N) is 1. The van der Waals surface area contributed by atoms with E-state index in [1.165, 1.54) is 12.1 Å². The first-order valence-electron chi connectivity index (χ1n) is 8.25. The van der Waals surface area contributed by atoms with Crippen LogP contribution in [-0.2, 0) is 9.53 Å². The van der Waals surface area contributed by atoms with Gasteiger partial charge in [-0.05, 0) is 24.5 Å². The van der Waals surface area contributed by atoms with Crippen LogP contribution in [0.25, 0.3) is 0 Å². The number of aromatic nitrogens is 1. The van der Waals surface area contributed by atoms with Gasteiger partial charge in [-0.25, -0.2) is 4.79 Å². The lowest BCUT2D eigenvalue weighted by Gasteiger charge is -2.31. The zero-order valence-corrected chi connectivity index (χ0v) is 14.4. The third-order valence-corrected chi connectivity index (χ3v) is 3.88. The van der Waals surface area contributed by atoms with Crippen molar-refractivity contribution in [2.45, 2.75) is 26.3 Å². The van der Waals surface area contributed by atoms with Crippen molar-refractivity contribution < 1.29 is 24.2 Å². The average molecular weight is 349 g/mol. The highest BCUT2D eigenvalue weighted by atomic mass is 16.5. The van der Waals surface area contributed by atoms with E-state index in [9.17, 15) is 14.4 Å². The van der Waals surface area contributed by atoms with Gasteiger partial charge in [-0.15, -0.1) is 0 Å². The molecule has 0 spiro atoms. The van der Waals surface area contributed by atoms with Gasteiger partial charge in [-0.1, -0.05) is 13.8 Å². The standard InChI is InChI=1S/C17H23N3O5/c1-11(2)9-14(16(22)20-5-7-25-8-6-20)19-15(21)13-4-3-12(10-18-13)17(23)24/h3-4,10-11,14H,5-9H2,1-2H3,(H,19,21)(H,23,24)/t14-/m0/s1. The minimum Gasteiger partial charge on any atom is -0.478 e. The highest BCUT2D eigenvalue weighted by Gasteiger charge is 2.28. The Kier molecular flexibility index (Phi) is 6.46. The fourth-order valence-corrected chi connectivity index (χ4v) is 2.58. The molecule has 1 fully saturated rings. The number of pyridine rings is 1. The second-order valence-corrected chi connectivity index (χ2v) is 6.33. The Balaban J connectivity index is 2.08. The second kappa shape index (κ2) is 8.57. The number of morpholine rings is 1. The van der Waals surface area contributed by atoms with Crippen LogP contribution in [0.5, 0.6) is 0 Å². The largest absolute Gasteiger partial charge is 0.478 e. The maximum absolute atomic E-state index is 12.7. The summed E-state index contributed by atoms with van der Waals surface area (Å²) in [5, 5.41) is 11.6. The number of hydrogen-bond acceptors (Lipinski definition) is 5. The van der Waals surface area contributed by atoms with E-state index in [4.69, 9.17) is 9.84 Å². The summed E-state index contributed by atoms with van der Waals surface area (Å²) in [6.07, 6.45) is 1.63. The van der Waals surface area contributed by atoms with E-state index in [-0.39, 0.29) is 23.1 Å². The van der Waals surface area contributed by atoms with Crippen molar-refractivity contribution in [2.75, 3.05) is 26.3 Å². The molecule has 0 aromatic carbocycles. The van der Waals surface area contributed by atoms with Crippen LogP contribution >= 0.6 is 0 Å². The molecule has 0 unspecified atom stereocenters. The molecule has 0 saturated carbocycles. The van der Waals surface area contributed by atoms with Gasteiger partial charge < -0.3 is 20.1 Å². The van der Waals surface area contributed by atoms with Crippen LogP contribution in [0.3, 0.4) is 0 Å². The summed E-state index contributed by atoms with van der Waals surface area (Å²) in [6.45, 7) is 5.96. The Morgan fingerprint density at radius 2 is 1.96 bits per heavy atom. The first-order chi connectivity index (χ1) is 11.9. The number of hydrogen-bond donors (Lipinski definition) is 2. The summed E-state index contributed by atoms with van der Waals surface area (Å²) >= 11 is 0. The van der Waals surface area contributed by atoms with Gasteiger partial charge in [0.05, 0.1) is 18.8 Å². The first-order valence-corrected chi connectivity index (χ1v) is 8.25. The molecule has 1 aromatic heterocycles. The summed E-state index contributed by atoms with van der Waals surface area (Å²) < 4.78 is 5.25. The number of aromatic carboxylic acids is 1. The Hall–Kier alpha value is -2.48. The Labute approximate surface area is 146 Å². The van der Waals surface area contributed by atoms with Crippen molar-refractivity contribution in [3.63, 3.8) is 0 Å². The molecule has 1 atom stereocenters. The second-order valence-electron chi connectivity index (χ2n) is 6.33. The summed E-state index contributed by atoms with van der Waals surface area (Å²) in [5.74, 6) is -1.52. The molecule has 0 radical (unpaired) electrons.